The van der Waals surface area contributed by atoms with E-state index < -0.39 is 0 Å². The molecule has 0 spiro atoms. The number of hydrogen-bond donors (Lipinski definition) is 1. The summed E-state index contributed by atoms with van der Waals surface area (Å²) < 4.78 is 5.34. The lowest BCUT2D eigenvalue weighted by Gasteiger charge is -2.18. The van der Waals surface area contributed by atoms with Gasteiger partial charge >= 0.3 is 5.97 Å². The molecule has 0 saturated heterocycles. The Morgan fingerprint density at radius 2 is 1.95 bits per heavy atom. The van der Waals surface area contributed by atoms with E-state index in [2.05, 4.69) is 19.2 Å². The van der Waals surface area contributed by atoms with Crippen molar-refractivity contribution in [1.82, 2.24) is 5.32 Å². The normalized spacial score (nSPS) is 13.8. The predicted molar refractivity (Wildman–Crippen MR) is 82.4 cm³/mol. The largest absolute Gasteiger partial charge is 0.461 e. The molecule has 3 heteroatoms. The van der Waals surface area contributed by atoms with Crippen molar-refractivity contribution in [3.8, 4) is 0 Å². The Labute approximate surface area is 122 Å². The Hall–Kier alpha value is -1.35. The summed E-state index contributed by atoms with van der Waals surface area (Å²) in [5, 5.41) is 3.45. The molecule has 0 amide bonds. The highest BCUT2D eigenvalue weighted by molar-refractivity contribution is 5.72. The third-order valence-electron chi connectivity index (χ3n) is 3.47. The molecule has 0 aliphatic rings. The fraction of sp³-hybridized carbons (Fsp3) is 0.588. The lowest BCUT2D eigenvalue weighted by Crippen LogP contribution is -2.35. The Kier molecular flexibility index (Phi) is 7.97. The number of esters is 1. The summed E-state index contributed by atoms with van der Waals surface area (Å²) in [4.78, 5) is 11.9. The summed E-state index contributed by atoms with van der Waals surface area (Å²) >= 11 is 0. The minimum absolute atomic E-state index is 0.107. The lowest BCUT2D eigenvalue weighted by atomic mass is 10.1. The van der Waals surface area contributed by atoms with Gasteiger partial charge in [-0.25, -0.2) is 0 Å². The standard InChI is InChI=1S/C17H27NO2/c1-4-9-16(5-2)18-12-14(3)17(19)20-13-15-10-7-6-8-11-15/h6-8,10-11,14,16,18H,4-5,9,12-13H2,1-3H3. The zero-order valence-electron chi connectivity index (χ0n) is 12.9. The maximum Gasteiger partial charge on any atom is 0.310 e. The van der Waals surface area contributed by atoms with Crippen LogP contribution in [0.5, 0.6) is 0 Å². The van der Waals surface area contributed by atoms with Crippen LogP contribution in [0.2, 0.25) is 0 Å². The maximum atomic E-state index is 11.9. The van der Waals surface area contributed by atoms with Gasteiger partial charge in [-0.1, -0.05) is 57.5 Å². The van der Waals surface area contributed by atoms with Gasteiger partial charge in [0.05, 0.1) is 5.92 Å². The quantitative estimate of drug-likeness (QED) is 0.702. The van der Waals surface area contributed by atoms with Crippen LogP contribution in [0.25, 0.3) is 0 Å². The number of carbonyl (C=O) groups is 1. The first-order valence-corrected chi connectivity index (χ1v) is 7.61. The topological polar surface area (TPSA) is 38.3 Å². The highest BCUT2D eigenvalue weighted by Gasteiger charge is 2.16. The molecule has 112 valence electrons. The molecule has 0 saturated carbocycles. The van der Waals surface area contributed by atoms with E-state index in [-0.39, 0.29) is 11.9 Å². The van der Waals surface area contributed by atoms with Crippen molar-refractivity contribution in [2.24, 2.45) is 5.92 Å². The van der Waals surface area contributed by atoms with Crippen LogP contribution in [0, 0.1) is 5.92 Å². The molecule has 1 aromatic rings. The van der Waals surface area contributed by atoms with Crippen molar-refractivity contribution >= 4 is 5.97 Å². The average Bonchev–Trinajstić information content (AvgIpc) is 2.49. The molecule has 2 atom stereocenters. The van der Waals surface area contributed by atoms with E-state index in [9.17, 15) is 4.79 Å². The van der Waals surface area contributed by atoms with Gasteiger partial charge in [-0.15, -0.1) is 0 Å². The highest BCUT2D eigenvalue weighted by atomic mass is 16.5. The first kappa shape index (κ1) is 16.7. The third kappa shape index (κ3) is 6.20. The summed E-state index contributed by atoms with van der Waals surface area (Å²) in [6.45, 7) is 7.31. The molecule has 3 nitrogen and oxygen atoms in total. The monoisotopic (exact) mass is 277 g/mol. The molecule has 0 heterocycles. The lowest BCUT2D eigenvalue weighted by molar-refractivity contribution is -0.149. The van der Waals surface area contributed by atoms with Gasteiger partial charge < -0.3 is 10.1 Å². The van der Waals surface area contributed by atoms with E-state index in [1.165, 1.54) is 6.42 Å². The number of benzene rings is 1. The first-order chi connectivity index (χ1) is 9.67. The van der Waals surface area contributed by atoms with Crippen LogP contribution in [-0.4, -0.2) is 18.6 Å². The average molecular weight is 277 g/mol. The minimum atomic E-state index is -0.132. The molecule has 1 N–H and O–H groups in total. The number of hydrogen-bond acceptors (Lipinski definition) is 3. The SMILES string of the molecule is CCCC(CC)NCC(C)C(=O)OCc1ccccc1. The van der Waals surface area contributed by atoms with E-state index in [4.69, 9.17) is 4.74 Å². The van der Waals surface area contributed by atoms with Crippen molar-refractivity contribution < 1.29 is 9.53 Å². The van der Waals surface area contributed by atoms with Crippen molar-refractivity contribution in [2.45, 2.75) is 52.7 Å². The van der Waals surface area contributed by atoms with Gasteiger partial charge in [0.25, 0.3) is 0 Å². The van der Waals surface area contributed by atoms with E-state index in [1.807, 2.05) is 37.3 Å². The summed E-state index contributed by atoms with van der Waals surface area (Å²) in [7, 11) is 0. The van der Waals surface area contributed by atoms with Crippen molar-refractivity contribution in [2.75, 3.05) is 6.54 Å². The predicted octanol–water partition coefficient (Wildman–Crippen LogP) is 3.53. The van der Waals surface area contributed by atoms with Crippen LogP contribution < -0.4 is 5.32 Å². The zero-order valence-corrected chi connectivity index (χ0v) is 12.9. The van der Waals surface area contributed by atoms with E-state index in [1.54, 1.807) is 0 Å². The van der Waals surface area contributed by atoms with Gasteiger partial charge in [0.2, 0.25) is 0 Å². The second-order valence-corrected chi connectivity index (χ2v) is 5.30. The molecule has 0 aromatic heterocycles. The molecule has 20 heavy (non-hydrogen) atoms. The Morgan fingerprint density at radius 1 is 1.25 bits per heavy atom. The van der Waals surface area contributed by atoms with Gasteiger partial charge in [-0.05, 0) is 18.4 Å². The third-order valence-corrected chi connectivity index (χ3v) is 3.47. The molecule has 2 unspecified atom stereocenters. The summed E-state index contributed by atoms with van der Waals surface area (Å²) in [5.41, 5.74) is 1.03. The van der Waals surface area contributed by atoms with Crippen LogP contribution >= 0.6 is 0 Å². The Morgan fingerprint density at radius 3 is 2.55 bits per heavy atom. The van der Waals surface area contributed by atoms with Gasteiger partial charge in [0, 0.05) is 12.6 Å². The van der Waals surface area contributed by atoms with E-state index >= 15 is 0 Å². The van der Waals surface area contributed by atoms with Gasteiger partial charge in [0.15, 0.2) is 0 Å². The molecular weight excluding hydrogens is 250 g/mol. The smallest absolute Gasteiger partial charge is 0.310 e. The van der Waals surface area contributed by atoms with Gasteiger partial charge in [-0.3, -0.25) is 4.79 Å². The zero-order chi connectivity index (χ0) is 14.8. The van der Waals surface area contributed by atoms with E-state index in [0.717, 1.165) is 18.4 Å². The van der Waals surface area contributed by atoms with Crippen LogP contribution in [0.1, 0.15) is 45.6 Å². The molecule has 0 aliphatic heterocycles. The van der Waals surface area contributed by atoms with Crippen molar-refractivity contribution in [3.63, 3.8) is 0 Å². The summed E-state index contributed by atoms with van der Waals surface area (Å²) in [6.07, 6.45) is 3.42. The van der Waals surface area contributed by atoms with Gasteiger partial charge in [-0.2, -0.15) is 0 Å². The summed E-state index contributed by atoms with van der Waals surface area (Å²) in [5.74, 6) is -0.239. The molecule has 0 fully saturated rings. The van der Waals surface area contributed by atoms with Crippen LogP contribution in [0.4, 0.5) is 0 Å². The van der Waals surface area contributed by atoms with Crippen LogP contribution in [0.3, 0.4) is 0 Å². The Balaban J connectivity index is 2.28. The van der Waals surface area contributed by atoms with Crippen molar-refractivity contribution in [1.29, 1.82) is 0 Å². The molecule has 0 aliphatic carbocycles. The molecular formula is C17H27NO2. The fourth-order valence-corrected chi connectivity index (χ4v) is 2.10. The van der Waals surface area contributed by atoms with Crippen LogP contribution in [-0.2, 0) is 16.1 Å². The second kappa shape index (κ2) is 9.54. The number of carbonyl (C=O) groups excluding carboxylic acids is 1. The molecule has 1 aromatic carbocycles. The number of nitrogens with one attached hydrogen (secondary N) is 1. The molecule has 0 radical (unpaired) electrons. The Bertz CT molecular complexity index is 378. The highest BCUT2D eigenvalue weighted by Crippen LogP contribution is 2.06. The van der Waals surface area contributed by atoms with Crippen molar-refractivity contribution in [3.05, 3.63) is 35.9 Å². The number of ether oxygens (including phenoxy) is 1. The second-order valence-electron chi connectivity index (χ2n) is 5.30. The van der Waals surface area contributed by atoms with Gasteiger partial charge in [0.1, 0.15) is 6.61 Å². The van der Waals surface area contributed by atoms with Crippen LogP contribution in [0.15, 0.2) is 30.3 Å². The summed E-state index contributed by atoms with van der Waals surface area (Å²) in [6, 6.07) is 10.3. The molecule has 1 rings (SSSR count). The number of rotatable bonds is 9. The van der Waals surface area contributed by atoms with E-state index in [0.29, 0.717) is 19.2 Å². The first-order valence-electron chi connectivity index (χ1n) is 7.61. The maximum absolute atomic E-state index is 11.9. The fourth-order valence-electron chi connectivity index (χ4n) is 2.10. The molecule has 0 bridgehead atoms. The minimum Gasteiger partial charge on any atom is -0.461 e.